The molecule has 1 N–H and O–H groups in total. The normalized spacial score (nSPS) is 11.0. The van der Waals surface area contributed by atoms with Crippen LogP contribution < -0.4 is 4.72 Å². The van der Waals surface area contributed by atoms with Gasteiger partial charge in [0.2, 0.25) is 0 Å². The van der Waals surface area contributed by atoms with Crippen LogP contribution in [-0.2, 0) is 20.5 Å². The molecule has 0 spiro atoms. The molecule has 0 aliphatic rings. The molecular weight excluding hydrogens is 346 g/mol. The van der Waals surface area contributed by atoms with Crippen molar-refractivity contribution in [3.8, 4) is 0 Å². The second kappa shape index (κ2) is 8.75. The number of rotatable bonds is 7. The Hall–Kier alpha value is -1.99. The highest BCUT2D eigenvalue weighted by Crippen LogP contribution is 2.12. The van der Waals surface area contributed by atoms with Crippen LogP contribution in [0.15, 0.2) is 59.5 Å². The molecule has 128 valence electrons. The van der Waals surface area contributed by atoms with Crippen LogP contribution in [0.4, 0.5) is 4.79 Å². The van der Waals surface area contributed by atoms with Gasteiger partial charge in [0.15, 0.2) is 0 Å². The Kier molecular flexibility index (Phi) is 6.69. The Balaban J connectivity index is 1.72. The minimum atomic E-state index is -3.89. The van der Waals surface area contributed by atoms with Crippen LogP contribution in [0.3, 0.4) is 0 Å². The van der Waals surface area contributed by atoms with Gasteiger partial charge < -0.3 is 4.74 Å². The zero-order valence-electron chi connectivity index (χ0n) is 13.3. The Morgan fingerprint density at radius 2 is 1.75 bits per heavy atom. The third kappa shape index (κ3) is 5.90. The fourth-order valence-corrected chi connectivity index (χ4v) is 3.54. The van der Waals surface area contributed by atoms with E-state index in [2.05, 4.69) is 0 Å². The number of ether oxygens (including phenoxy) is 1. The molecule has 0 atom stereocenters. The molecule has 0 aliphatic heterocycles. The van der Waals surface area contributed by atoms with Gasteiger partial charge >= 0.3 is 6.09 Å². The average Bonchev–Trinajstić information content (AvgIpc) is 2.55. The van der Waals surface area contributed by atoms with Gasteiger partial charge in [-0.1, -0.05) is 48.0 Å². The molecule has 1 amide bonds. The van der Waals surface area contributed by atoms with E-state index in [1.807, 2.05) is 42.0 Å². The number of sulfonamides is 1. The molecule has 0 aliphatic carbocycles. The number of hydrogen-bond donors (Lipinski definition) is 1. The smallest absolute Gasteiger partial charge is 0.421 e. The lowest BCUT2D eigenvalue weighted by atomic mass is 10.2. The highest BCUT2D eigenvalue weighted by Gasteiger charge is 2.18. The number of carbonyl (C=O) groups is 1. The molecule has 5 nitrogen and oxygen atoms in total. The molecule has 2 rings (SSSR count). The highest BCUT2D eigenvalue weighted by molar-refractivity contribution is 7.98. The zero-order valence-corrected chi connectivity index (χ0v) is 14.9. The van der Waals surface area contributed by atoms with Crippen LogP contribution in [0, 0.1) is 6.92 Å². The zero-order chi connectivity index (χ0) is 17.4. The quantitative estimate of drug-likeness (QED) is 0.762. The monoisotopic (exact) mass is 365 g/mol. The number of hydrogen-bond acceptors (Lipinski definition) is 5. The third-order valence-electron chi connectivity index (χ3n) is 3.12. The first-order chi connectivity index (χ1) is 11.5. The fourth-order valence-electron chi connectivity index (χ4n) is 1.87. The van der Waals surface area contributed by atoms with Gasteiger partial charge in [0.25, 0.3) is 10.0 Å². The van der Waals surface area contributed by atoms with Crippen LogP contribution in [0.25, 0.3) is 0 Å². The summed E-state index contributed by atoms with van der Waals surface area (Å²) in [5.41, 5.74) is 2.13. The molecule has 0 radical (unpaired) electrons. The van der Waals surface area contributed by atoms with Gasteiger partial charge in [-0.25, -0.2) is 17.9 Å². The van der Waals surface area contributed by atoms with Gasteiger partial charge in [0.05, 0.1) is 4.90 Å². The van der Waals surface area contributed by atoms with E-state index in [0.29, 0.717) is 5.75 Å². The molecular formula is C17H19NO4S2. The highest BCUT2D eigenvalue weighted by atomic mass is 32.2. The number of aryl methyl sites for hydroxylation is 1. The standard InChI is InChI=1S/C17H19NO4S2/c1-14-7-9-16(10-8-14)24(20,21)18-17(19)22-11-12-23-13-15-5-3-2-4-6-15/h2-10H,11-13H2,1H3,(H,18,19). The lowest BCUT2D eigenvalue weighted by Crippen LogP contribution is -2.31. The summed E-state index contributed by atoms with van der Waals surface area (Å²) in [5.74, 6) is 1.40. The first kappa shape index (κ1) is 18.4. The van der Waals surface area contributed by atoms with Crippen molar-refractivity contribution in [2.45, 2.75) is 17.6 Å². The molecule has 0 fully saturated rings. The van der Waals surface area contributed by atoms with Crippen LogP contribution in [0.5, 0.6) is 0 Å². The molecule has 0 aromatic heterocycles. The summed E-state index contributed by atoms with van der Waals surface area (Å²) in [4.78, 5) is 11.6. The molecule has 0 bridgehead atoms. The van der Waals surface area contributed by atoms with E-state index in [0.717, 1.165) is 11.3 Å². The van der Waals surface area contributed by atoms with E-state index in [1.54, 1.807) is 23.9 Å². The molecule has 0 saturated carbocycles. The summed E-state index contributed by atoms with van der Waals surface area (Å²) in [7, 11) is -3.89. The van der Waals surface area contributed by atoms with Crippen LogP contribution in [-0.4, -0.2) is 26.9 Å². The minimum absolute atomic E-state index is 0.0310. The van der Waals surface area contributed by atoms with E-state index in [4.69, 9.17) is 4.74 Å². The Labute approximate surface area is 146 Å². The van der Waals surface area contributed by atoms with Crippen molar-refractivity contribution in [1.82, 2.24) is 4.72 Å². The minimum Gasteiger partial charge on any atom is -0.448 e. The molecule has 2 aromatic rings. The Morgan fingerprint density at radius 3 is 2.42 bits per heavy atom. The first-order valence-corrected chi connectivity index (χ1v) is 9.99. The molecule has 0 unspecified atom stereocenters. The summed E-state index contributed by atoms with van der Waals surface area (Å²) in [6.45, 7) is 2.00. The van der Waals surface area contributed by atoms with Gasteiger partial charge in [-0.2, -0.15) is 11.8 Å². The number of thioether (sulfide) groups is 1. The number of amides is 1. The van der Waals surface area contributed by atoms with Crippen molar-refractivity contribution in [3.05, 3.63) is 65.7 Å². The first-order valence-electron chi connectivity index (χ1n) is 7.35. The van der Waals surface area contributed by atoms with Crippen molar-refractivity contribution in [3.63, 3.8) is 0 Å². The summed E-state index contributed by atoms with van der Waals surface area (Å²) in [5, 5.41) is 0. The largest absolute Gasteiger partial charge is 0.448 e. The average molecular weight is 365 g/mol. The molecule has 24 heavy (non-hydrogen) atoms. The van der Waals surface area contributed by atoms with Crippen molar-refractivity contribution in [2.75, 3.05) is 12.4 Å². The molecule has 2 aromatic carbocycles. The third-order valence-corrected chi connectivity index (χ3v) is 5.44. The van der Waals surface area contributed by atoms with Gasteiger partial charge in [-0.15, -0.1) is 0 Å². The van der Waals surface area contributed by atoms with Crippen LogP contribution in [0.1, 0.15) is 11.1 Å². The van der Waals surface area contributed by atoms with Crippen LogP contribution >= 0.6 is 11.8 Å². The second-order valence-corrected chi connectivity index (χ2v) is 7.88. The lowest BCUT2D eigenvalue weighted by molar-refractivity contribution is 0.160. The van der Waals surface area contributed by atoms with Crippen molar-refractivity contribution >= 4 is 27.9 Å². The van der Waals surface area contributed by atoms with E-state index in [9.17, 15) is 13.2 Å². The summed E-state index contributed by atoms with van der Waals surface area (Å²) in [6.07, 6.45) is -0.962. The van der Waals surface area contributed by atoms with Crippen molar-refractivity contribution in [1.29, 1.82) is 0 Å². The van der Waals surface area contributed by atoms with Crippen molar-refractivity contribution < 1.29 is 17.9 Å². The topological polar surface area (TPSA) is 72.5 Å². The van der Waals surface area contributed by atoms with E-state index >= 15 is 0 Å². The maximum Gasteiger partial charge on any atom is 0.421 e. The van der Waals surface area contributed by atoms with Crippen LogP contribution in [0.2, 0.25) is 0 Å². The van der Waals surface area contributed by atoms with Gasteiger partial charge in [-0.05, 0) is 24.6 Å². The predicted octanol–water partition coefficient (Wildman–Crippen LogP) is 3.34. The van der Waals surface area contributed by atoms with E-state index in [1.165, 1.54) is 17.7 Å². The molecule has 0 saturated heterocycles. The summed E-state index contributed by atoms with van der Waals surface area (Å²) >= 11 is 1.61. The predicted molar refractivity (Wildman–Crippen MR) is 95.5 cm³/mol. The summed E-state index contributed by atoms with van der Waals surface area (Å²) in [6, 6.07) is 16.2. The van der Waals surface area contributed by atoms with E-state index in [-0.39, 0.29) is 11.5 Å². The molecule has 0 heterocycles. The summed E-state index contributed by atoms with van der Waals surface area (Å²) < 4.78 is 30.8. The number of benzene rings is 2. The molecule has 7 heteroatoms. The fraction of sp³-hybridized carbons (Fsp3) is 0.235. The lowest BCUT2D eigenvalue weighted by Gasteiger charge is -2.08. The van der Waals surface area contributed by atoms with E-state index < -0.39 is 16.1 Å². The van der Waals surface area contributed by atoms with Gasteiger partial charge in [0.1, 0.15) is 6.61 Å². The number of carbonyl (C=O) groups excluding carboxylic acids is 1. The van der Waals surface area contributed by atoms with Gasteiger partial charge in [-0.3, -0.25) is 0 Å². The number of nitrogens with one attached hydrogen (secondary N) is 1. The van der Waals surface area contributed by atoms with Gasteiger partial charge in [0, 0.05) is 11.5 Å². The Bertz CT molecular complexity index is 759. The second-order valence-electron chi connectivity index (χ2n) is 5.09. The maximum absolute atomic E-state index is 12.0. The van der Waals surface area contributed by atoms with Crippen molar-refractivity contribution in [2.24, 2.45) is 0 Å². The maximum atomic E-state index is 12.0. The SMILES string of the molecule is Cc1ccc(S(=O)(=O)NC(=O)OCCSCc2ccccc2)cc1. The Morgan fingerprint density at radius 1 is 1.08 bits per heavy atom.